The lowest BCUT2D eigenvalue weighted by molar-refractivity contribution is -0.0323. The van der Waals surface area contributed by atoms with Crippen molar-refractivity contribution in [3.8, 4) is 0 Å². The highest BCUT2D eigenvalue weighted by atomic mass is 32.1. The maximum absolute atomic E-state index is 12.3. The van der Waals surface area contributed by atoms with Gasteiger partial charge < -0.3 is 10.1 Å². The van der Waals surface area contributed by atoms with Gasteiger partial charge in [-0.1, -0.05) is 12.8 Å². The maximum atomic E-state index is 12.3. The summed E-state index contributed by atoms with van der Waals surface area (Å²) in [5.74, 6) is -0.0525. The normalized spacial score (nSPS) is 23.9. The molecule has 0 unspecified atom stereocenters. The molecule has 1 aromatic heterocycles. The van der Waals surface area contributed by atoms with Crippen molar-refractivity contribution >= 4 is 17.2 Å². The molecule has 6 heteroatoms. The number of ether oxygens (including phenoxy) is 1. The number of thiazole rings is 1. The first-order chi connectivity index (χ1) is 10.2. The molecule has 1 aromatic rings. The zero-order chi connectivity index (χ0) is 14.7. The van der Waals surface area contributed by atoms with Gasteiger partial charge in [0.1, 0.15) is 5.69 Å². The van der Waals surface area contributed by atoms with Crippen LogP contribution in [0.2, 0.25) is 0 Å². The van der Waals surface area contributed by atoms with Crippen LogP contribution in [0.25, 0.3) is 0 Å². The lowest BCUT2D eigenvalue weighted by atomic mass is 9.86. The first-order valence-corrected chi connectivity index (χ1v) is 8.68. The summed E-state index contributed by atoms with van der Waals surface area (Å²) >= 11 is 1.46. The molecule has 0 spiro atoms. The molecule has 2 aliphatic rings. The number of hydrogen-bond acceptors (Lipinski definition) is 5. The Bertz CT molecular complexity index is 465. The van der Waals surface area contributed by atoms with Crippen molar-refractivity contribution in [1.29, 1.82) is 0 Å². The van der Waals surface area contributed by atoms with E-state index in [0.29, 0.717) is 5.69 Å². The fraction of sp³-hybridized carbons (Fsp3) is 0.733. The van der Waals surface area contributed by atoms with E-state index < -0.39 is 0 Å². The van der Waals surface area contributed by atoms with Gasteiger partial charge in [0, 0.05) is 30.1 Å². The number of nitrogens with zero attached hydrogens (tertiary/aromatic N) is 2. The molecule has 0 radical (unpaired) electrons. The number of carbonyl (C=O) groups excluding carboxylic acids is 1. The second kappa shape index (κ2) is 6.42. The molecule has 116 valence electrons. The van der Waals surface area contributed by atoms with E-state index in [2.05, 4.69) is 22.1 Å². The molecular weight excluding hydrogens is 286 g/mol. The maximum Gasteiger partial charge on any atom is 0.271 e. The summed E-state index contributed by atoms with van der Waals surface area (Å²) in [5, 5.41) is 4.99. The van der Waals surface area contributed by atoms with Crippen molar-refractivity contribution in [2.75, 3.05) is 26.3 Å². The van der Waals surface area contributed by atoms with Gasteiger partial charge in [-0.05, 0) is 19.8 Å². The first-order valence-electron chi connectivity index (χ1n) is 7.74. The van der Waals surface area contributed by atoms with Gasteiger partial charge in [0.25, 0.3) is 5.91 Å². The van der Waals surface area contributed by atoms with E-state index in [9.17, 15) is 4.79 Å². The van der Waals surface area contributed by atoms with Gasteiger partial charge in [-0.2, -0.15) is 0 Å². The highest BCUT2D eigenvalue weighted by Gasteiger charge is 2.45. The monoisotopic (exact) mass is 309 g/mol. The lowest BCUT2D eigenvalue weighted by Gasteiger charge is -2.47. The van der Waals surface area contributed by atoms with Crippen molar-refractivity contribution in [3.63, 3.8) is 0 Å². The molecule has 1 atom stereocenters. The molecule has 2 fully saturated rings. The van der Waals surface area contributed by atoms with E-state index in [1.807, 2.05) is 0 Å². The number of hydrogen-bond donors (Lipinski definition) is 1. The van der Waals surface area contributed by atoms with Crippen LogP contribution in [0.3, 0.4) is 0 Å². The number of nitrogens with one attached hydrogen (secondary N) is 1. The highest BCUT2D eigenvalue weighted by Crippen LogP contribution is 2.38. The summed E-state index contributed by atoms with van der Waals surface area (Å²) in [6.45, 7) is 5.68. The van der Waals surface area contributed by atoms with Crippen molar-refractivity contribution < 1.29 is 9.53 Å². The largest absolute Gasteiger partial charge is 0.379 e. The zero-order valence-corrected chi connectivity index (χ0v) is 13.3. The van der Waals surface area contributed by atoms with E-state index in [1.165, 1.54) is 24.2 Å². The minimum Gasteiger partial charge on any atom is -0.379 e. The number of amides is 1. The third-order valence-electron chi connectivity index (χ3n) is 4.93. The fourth-order valence-electron chi connectivity index (χ4n) is 3.75. The van der Waals surface area contributed by atoms with E-state index in [0.717, 1.165) is 39.1 Å². The standard InChI is InChI=1S/C15H23N3O2S/c1-12(17-14(19)13-10-21-11-16-13)15(4-2-3-5-15)18-6-8-20-9-7-18/h10-12H,2-9H2,1H3,(H,17,19)/t12-/m0/s1. The van der Waals surface area contributed by atoms with Crippen LogP contribution in [0.1, 0.15) is 43.1 Å². The summed E-state index contributed by atoms with van der Waals surface area (Å²) in [6, 6.07) is 0.132. The van der Waals surface area contributed by atoms with Crippen LogP contribution >= 0.6 is 11.3 Å². The van der Waals surface area contributed by atoms with Crippen molar-refractivity contribution in [2.24, 2.45) is 0 Å². The Morgan fingerprint density at radius 2 is 2.14 bits per heavy atom. The van der Waals surface area contributed by atoms with Crippen LogP contribution in [0.5, 0.6) is 0 Å². The number of aromatic nitrogens is 1. The van der Waals surface area contributed by atoms with Gasteiger partial charge in [-0.25, -0.2) is 4.98 Å². The van der Waals surface area contributed by atoms with Gasteiger partial charge in [0.15, 0.2) is 0 Å². The minimum atomic E-state index is -0.0525. The van der Waals surface area contributed by atoms with E-state index in [-0.39, 0.29) is 17.5 Å². The van der Waals surface area contributed by atoms with E-state index in [1.54, 1.807) is 10.9 Å². The number of carbonyl (C=O) groups is 1. The van der Waals surface area contributed by atoms with E-state index >= 15 is 0 Å². The van der Waals surface area contributed by atoms with E-state index in [4.69, 9.17) is 4.74 Å². The van der Waals surface area contributed by atoms with Crippen molar-refractivity contribution in [2.45, 2.75) is 44.2 Å². The molecule has 1 amide bonds. The summed E-state index contributed by atoms with van der Waals surface area (Å²) in [7, 11) is 0. The molecule has 3 rings (SSSR count). The molecule has 1 aliphatic carbocycles. The summed E-state index contributed by atoms with van der Waals surface area (Å²) in [5.41, 5.74) is 2.32. The molecule has 21 heavy (non-hydrogen) atoms. The smallest absolute Gasteiger partial charge is 0.271 e. The highest BCUT2D eigenvalue weighted by molar-refractivity contribution is 7.07. The Kier molecular flexibility index (Phi) is 4.57. The zero-order valence-electron chi connectivity index (χ0n) is 12.5. The molecule has 1 saturated carbocycles. The lowest BCUT2D eigenvalue weighted by Crippen LogP contribution is -2.62. The Balaban J connectivity index is 1.72. The van der Waals surface area contributed by atoms with Crippen LogP contribution in [-0.2, 0) is 4.74 Å². The minimum absolute atomic E-state index is 0.0525. The van der Waals surface area contributed by atoms with Crippen LogP contribution in [-0.4, -0.2) is 53.7 Å². The molecule has 0 aromatic carbocycles. The van der Waals surface area contributed by atoms with Gasteiger partial charge in [-0.15, -0.1) is 11.3 Å². The third-order valence-corrected chi connectivity index (χ3v) is 5.52. The Labute approximate surface area is 129 Å². The second-order valence-corrected chi connectivity index (χ2v) is 6.70. The quantitative estimate of drug-likeness (QED) is 0.923. The van der Waals surface area contributed by atoms with Crippen LogP contribution in [0.15, 0.2) is 10.9 Å². The molecule has 1 N–H and O–H groups in total. The molecule has 2 heterocycles. The summed E-state index contributed by atoms with van der Waals surface area (Å²) < 4.78 is 5.49. The molecule has 1 saturated heterocycles. The van der Waals surface area contributed by atoms with Crippen molar-refractivity contribution in [1.82, 2.24) is 15.2 Å². The fourth-order valence-corrected chi connectivity index (χ4v) is 4.28. The summed E-state index contributed by atoms with van der Waals surface area (Å²) in [6.07, 6.45) is 4.81. The second-order valence-electron chi connectivity index (χ2n) is 5.98. The number of morpholine rings is 1. The van der Waals surface area contributed by atoms with Crippen LogP contribution in [0.4, 0.5) is 0 Å². The SMILES string of the molecule is C[C@H](NC(=O)c1cscn1)C1(N2CCOCC2)CCCC1. The summed E-state index contributed by atoms with van der Waals surface area (Å²) in [4.78, 5) is 18.9. The average molecular weight is 309 g/mol. The van der Waals surface area contributed by atoms with Crippen LogP contribution < -0.4 is 5.32 Å². The molecular formula is C15H23N3O2S. The topological polar surface area (TPSA) is 54.5 Å². The first kappa shape index (κ1) is 14.9. The predicted molar refractivity (Wildman–Crippen MR) is 82.6 cm³/mol. The third kappa shape index (κ3) is 2.98. The van der Waals surface area contributed by atoms with Crippen LogP contribution in [0, 0.1) is 0 Å². The molecule has 0 bridgehead atoms. The van der Waals surface area contributed by atoms with Gasteiger partial charge in [0.05, 0.1) is 18.7 Å². The molecule has 5 nitrogen and oxygen atoms in total. The Morgan fingerprint density at radius 3 is 2.76 bits per heavy atom. The van der Waals surface area contributed by atoms with Gasteiger partial charge >= 0.3 is 0 Å². The predicted octanol–water partition coefficient (Wildman–Crippen LogP) is 1.91. The average Bonchev–Trinajstić information content (AvgIpc) is 3.20. The van der Waals surface area contributed by atoms with Gasteiger partial charge in [0.2, 0.25) is 0 Å². The Hall–Kier alpha value is -0.980. The Morgan fingerprint density at radius 1 is 1.43 bits per heavy atom. The van der Waals surface area contributed by atoms with Gasteiger partial charge in [-0.3, -0.25) is 9.69 Å². The number of rotatable bonds is 4. The van der Waals surface area contributed by atoms with Crippen molar-refractivity contribution in [3.05, 3.63) is 16.6 Å². The molecule has 1 aliphatic heterocycles.